The van der Waals surface area contributed by atoms with Crippen molar-refractivity contribution in [3.05, 3.63) is 53.6 Å². The molecule has 1 heterocycles. The van der Waals surface area contributed by atoms with Crippen LogP contribution in [-0.2, 0) is 4.79 Å². The van der Waals surface area contributed by atoms with Crippen LogP contribution in [0.2, 0.25) is 0 Å². The molecule has 1 saturated heterocycles. The molecule has 0 aliphatic carbocycles. The SMILES string of the molecule is COc1ccc(N2C(=O)C(F)(F)[C@H]2c2ccc(C)cc2)cc1OC. The standard InChI is InChI=1S/C18H17F2NO3/c1-11-4-6-12(7-5-11)16-18(19,20)17(22)21(16)13-8-9-14(23-2)15(10-13)24-3/h4-10,16H,1-3H3/t16-/m1/s1. The van der Waals surface area contributed by atoms with E-state index >= 15 is 0 Å². The fraction of sp³-hybridized carbons (Fsp3) is 0.278. The maximum atomic E-state index is 14.2. The van der Waals surface area contributed by atoms with Gasteiger partial charge in [-0.05, 0) is 24.6 Å². The normalized spacial score (nSPS) is 19.0. The van der Waals surface area contributed by atoms with Crippen LogP contribution in [-0.4, -0.2) is 26.0 Å². The summed E-state index contributed by atoms with van der Waals surface area (Å²) in [5.41, 5.74) is 1.69. The summed E-state index contributed by atoms with van der Waals surface area (Å²) < 4.78 is 38.7. The van der Waals surface area contributed by atoms with Crippen molar-refractivity contribution in [1.82, 2.24) is 0 Å². The lowest BCUT2D eigenvalue weighted by atomic mass is 9.88. The van der Waals surface area contributed by atoms with E-state index in [4.69, 9.17) is 9.47 Å². The number of ether oxygens (including phenoxy) is 2. The molecule has 1 amide bonds. The van der Waals surface area contributed by atoms with Crippen molar-refractivity contribution < 1.29 is 23.0 Å². The van der Waals surface area contributed by atoms with Gasteiger partial charge < -0.3 is 9.47 Å². The third-order valence-corrected chi connectivity index (χ3v) is 4.14. The van der Waals surface area contributed by atoms with Crippen LogP contribution >= 0.6 is 0 Å². The Bertz CT molecular complexity index is 774. The topological polar surface area (TPSA) is 38.8 Å². The zero-order chi connectivity index (χ0) is 17.5. The van der Waals surface area contributed by atoms with E-state index in [0.717, 1.165) is 10.5 Å². The number of halogens is 2. The first-order chi connectivity index (χ1) is 11.4. The van der Waals surface area contributed by atoms with Crippen LogP contribution in [0.5, 0.6) is 11.5 Å². The predicted molar refractivity (Wildman–Crippen MR) is 85.9 cm³/mol. The highest BCUT2D eigenvalue weighted by Gasteiger charge is 2.64. The van der Waals surface area contributed by atoms with E-state index in [9.17, 15) is 13.6 Å². The number of benzene rings is 2. The molecular formula is C18H17F2NO3. The Kier molecular flexibility index (Phi) is 3.91. The van der Waals surface area contributed by atoms with E-state index in [1.165, 1.54) is 20.3 Å². The van der Waals surface area contributed by atoms with Gasteiger partial charge in [0.05, 0.1) is 14.2 Å². The van der Waals surface area contributed by atoms with Crippen molar-refractivity contribution in [2.45, 2.75) is 18.9 Å². The van der Waals surface area contributed by atoms with Crippen LogP contribution in [0.3, 0.4) is 0 Å². The molecule has 0 spiro atoms. The molecule has 3 rings (SSSR count). The van der Waals surface area contributed by atoms with Gasteiger partial charge in [0.2, 0.25) is 0 Å². The second-order valence-electron chi connectivity index (χ2n) is 5.65. The van der Waals surface area contributed by atoms with Gasteiger partial charge in [0.15, 0.2) is 11.5 Å². The highest BCUT2D eigenvalue weighted by molar-refractivity contribution is 6.07. The molecule has 0 saturated carbocycles. The minimum atomic E-state index is -3.43. The zero-order valence-corrected chi connectivity index (χ0v) is 13.5. The fourth-order valence-electron chi connectivity index (χ4n) is 2.84. The quantitative estimate of drug-likeness (QED) is 0.800. The molecule has 2 aromatic carbocycles. The lowest BCUT2D eigenvalue weighted by molar-refractivity contribution is -0.162. The number of rotatable bonds is 4. The predicted octanol–water partition coefficient (Wildman–Crippen LogP) is 3.74. The summed E-state index contributed by atoms with van der Waals surface area (Å²) in [6.07, 6.45) is 0. The summed E-state index contributed by atoms with van der Waals surface area (Å²) in [4.78, 5) is 13.1. The van der Waals surface area contributed by atoms with E-state index in [1.54, 1.807) is 36.4 Å². The molecule has 2 aromatic rings. The maximum Gasteiger partial charge on any atom is 0.349 e. The zero-order valence-electron chi connectivity index (χ0n) is 13.5. The number of hydrogen-bond acceptors (Lipinski definition) is 3. The Morgan fingerprint density at radius 2 is 1.62 bits per heavy atom. The summed E-state index contributed by atoms with van der Waals surface area (Å²) in [5.74, 6) is -3.81. The number of aryl methyl sites for hydroxylation is 1. The van der Waals surface area contributed by atoms with E-state index < -0.39 is 17.9 Å². The van der Waals surface area contributed by atoms with Crippen molar-refractivity contribution in [3.63, 3.8) is 0 Å². The summed E-state index contributed by atoms with van der Waals surface area (Å²) >= 11 is 0. The van der Waals surface area contributed by atoms with Gasteiger partial charge in [-0.25, -0.2) is 0 Å². The minimum absolute atomic E-state index is 0.342. The number of methoxy groups -OCH3 is 2. The molecule has 24 heavy (non-hydrogen) atoms. The highest BCUT2D eigenvalue weighted by Crippen LogP contribution is 2.50. The molecule has 0 radical (unpaired) electrons. The Labute approximate surface area is 138 Å². The maximum absolute atomic E-state index is 14.2. The smallest absolute Gasteiger partial charge is 0.349 e. The Morgan fingerprint density at radius 3 is 2.21 bits per heavy atom. The van der Waals surface area contributed by atoms with E-state index in [-0.39, 0.29) is 0 Å². The number of carbonyl (C=O) groups excluding carboxylic acids is 1. The van der Waals surface area contributed by atoms with E-state index in [1.807, 2.05) is 6.92 Å². The molecule has 1 aliphatic rings. The van der Waals surface area contributed by atoms with Crippen molar-refractivity contribution >= 4 is 11.6 Å². The fourth-order valence-corrected chi connectivity index (χ4v) is 2.84. The van der Waals surface area contributed by atoms with Gasteiger partial charge in [0.25, 0.3) is 0 Å². The molecule has 0 unspecified atom stereocenters. The molecule has 126 valence electrons. The number of carbonyl (C=O) groups is 1. The Hall–Kier alpha value is -2.63. The van der Waals surface area contributed by atoms with Crippen LogP contribution in [0.25, 0.3) is 0 Å². The van der Waals surface area contributed by atoms with Crippen molar-refractivity contribution in [2.24, 2.45) is 0 Å². The van der Waals surface area contributed by atoms with Gasteiger partial charge in [0.1, 0.15) is 6.04 Å². The van der Waals surface area contributed by atoms with Gasteiger partial charge in [-0.15, -0.1) is 0 Å². The first kappa shape index (κ1) is 16.2. The number of β-lactam (4-membered cyclic amide) rings is 1. The summed E-state index contributed by atoms with van der Waals surface area (Å²) in [6, 6.07) is 10.1. The second kappa shape index (κ2) is 5.78. The first-order valence-electron chi connectivity index (χ1n) is 7.40. The number of hydrogen-bond donors (Lipinski definition) is 0. The number of alkyl halides is 2. The molecule has 1 atom stereocenters. The van der Waals surface area contributed by atoms with Gasteiger partial charge in [-0.3, -0.25) is 9.69 Å². The van der Waals surface area contributed by atoms with Gasteiger partial charge in [-0.2, -0.15) is 8.78 Å². The minimum Gasteiger partial charge on any atom is -0.493 e. The van der Waals surface area contributed by atoms with Crippen molar-refractivity contribution in [2.75, 3.05) is 19.1 Å². The second-order valence-corrected chi connectivity index (χ2v) is 5.65. The monoisotopic (exact) mass is 333 g/mol. The third kappa shape index (κ3) is 2.38. The molecular weight excluding hydrogens is 316 g/mol. The van der Waals surface area contributed by atoms with Crippen LogP contribution < -0.4 is 14.4 Å². The molecule has 1 fully saturated rings. The van der Waals surface area contributed by atoms with Crippen LogP contribution in [0.15, 0.2) is 42.5 Å². The lowest BCUT2D eigenvalue weighted by Crippen LogP contribution is -2.64. The third-order valence-electron chi connectivity index (χ3n) is 4.14. The summed E-state index contributed by atoms with van der Waals surface area (Å²) in [6.45, 7) is 1.87. The van der Waals surface area contributed by atoms with Gasteiger partial charge >= 0.3 is 11.8 Å². The molecule has 4 nitrogen and oxygen atoms in total. The van der Waals surface area contributed by atoms with Crippen LogP contribution in [0, 0.1) is 6.92 Å². The molecule has 0 bridgehead atoms. The average molecular weight is 333 g/mol. The van der Waals surface area contributed by atoms with Gasteiger partial charge in [0, 0.05) is 11.8 Å². The molecule has 0 aromatic heterocycles. The van der Waals surface area contributed by atoms with E-state index in [2.05, 4.69) is 0 Å². The summed E-state index contributed by atoms with van der Waals surface area (Å²) in [5, 5.41) is 0. The Balaban J connectivity index is 2.02. The van der Waals surface area contributed by atoms with Crippen molar-refractivity contribution in [1.29, 1.82) is 0 Å². The molecule has 6 heteroatoms. The van der Waals surface area contributed by atoms with E-state index in [0.29, 0.717) is 22.7 Å². The number of amides is 1. The van der Waals surface area contributed by atoms with Crippen LogP contribution in [0.4, 0.5) is 14.5 Å². The number of anilines is 1. The van der Waals surface area contributed by atoms with Crippen molar-refractivity contribution in [3.8, 4) is 11.5 Å². The first-order valence-corrected chi connectivity index (χ1v) is 7.40. The molecule has 1 aliphatic heterocycles. The Morgan fingerprint density at radius 1 is 1.00 bits per heavy atom. The lowest BCUT2D eigenvalue weighted by Gasteiger charge is -2.46. The van der Waals surface area contributed by atoms with Crippen LogP contribution in [0.1, 0.15) is 17.2 Å². The highest BCUT2D eigenvalue weighted by atomic mass is 19.3. The summed E-state index contributed by atoms with van der Waals surface area (Å²) in [7, 11) is 2.93. The number of nitrogens with zero attached hydrogens (tertiary/aromatic N) is 1. The average Bonchev–Trinajstić information content (AvgIpc) is 2.59. The molecule has 0 N–H and O–H groups in total. The largest absolute Gasteiger partial charge is 0.493 e. The van der Waals surface area contributed by atoms with Gasteiger partial charge in [-0.1, -0.05) is 29.8 Å².